The molecule has 0 aliphatic carbocycles. The summed E-state index contributed by atoms with van der Waals surface area (Å²) in [5.74, 6) is 0.298. The normalized spacial score (nSPS) is 16.1. The van der Waals surface area contributed by atoms with Gasteiger partial charge in [-0.15, -0.1) is 0 Å². The molecule has 174 valence electrons. The van der Waals surface area contributed by atoms with Crippen molar-refractivity contribution in [3.05, 3.63) is 75.6 Å². The minimum atomic E-state index is -0.658. The van der Waals surface area contributed by atoms with Crippen molar-refractivity contribution in [3.63, 3.8) is 0 Å². The van der Waals surface area contributed by atoms with E-state index in [2.05, 4.69) is 4.90 Å². The molecular formula is C26H30N2O5. The quantitative estimate of drug-likeness (QED) is 0.511. The number of carbonyl (C=O) groups is 1. The van der Waals surface area contributed by atoms with E-state index in [1.54, 1.807) is 12.1 Å². The van der Waals surface area contributed by atoms with Crippen LogP contribution in [0.25, 0.3) is 11.0 Å². The van der Waals surface area contributed by atoms with Crippen LogP contribution in [0.4, 0.5) is 0 Å². The van der Waals surface area contributed by atoms with Gasteiger partial charge in [0, 0.05) is 29.8 Å². The first kappa shape index (κ1) is 23.0. The molecule has 3 N–H and O–H groups in total. The third kappa shape index (κ3) is 5.61. The van der Waals surface area contributed by atoms with Crippen molar-refractivity contribution in [3.8, 4) is 5.75 Å². The molecule has 3 aromatic rings. The van der Waals surface area contributed by atoms with E-state index in [-0.39, 0.29) is 24.1 Å². The molecule has 2 aromatic carbocycles. The Labute approximate surface area is 192 Å². The van der Waals surface area contributed by atoms with Gasteiger partial charge in [0.25, 0.3) is 0 Å². The highest BCUT2D eigenvalue weighted by atomic mass is 16.5. The molecular weight excluding hydrogens is 420 g/mol. The van der Waals surface area contributed by atoms with Gasteiger partial charge in [-0.05, 0) is 62.2 Å². The molecule has 1 unspecified atom stereocenters. The van der Waals surface area contributed by atoms with Gasteiger partial charge in [0.1, 0.15) is 24.0 Å². The van der Waals surface area contributed by atoms with Gasteiger partial charge < -0.3 is 24.9 Å². The van der Waals surface area contributed by atoms with Crippen LogP contribution in [0, 0.1) is 12.8 Å². The molecule has 2 heterocycles. The number of ether oxygens (including phenoxy) is 1. The third-order valence-corrected chi connectivity index (χ3v) is 6.38. The third-order valence-electron chi connectivity index (χ3n) is 6.38. The molecule has 33 heavy (non-hydrogen) atoms. The number of aryl methyl sites for hydroxylation is 1. The molecule has 0 radical (unpaired) electrons. The smallest absolute Gasteiger partial charge is 0.340 e. The number of carbonyl (C=O) groups excluding carboxylic acids is 1. The Hall–Kier alpha value is -3.16. The Kier molecular flexibility index (Phi) is 7.11. The molecule has 1 aliphatic heterocycles. The van der Waals surface area contributed by atoms with Crippen LogP contribution in [0.15, 0.2) is 57.7 Å². The second-order valence-corrected chi connectivity index (χ2v) is 8.76. The van der Waals surface area contributed by atoms with Crippen molar-refractivity contribution in [1.29, 1.82) is 0 Å². The molecule has 1 amide bonds. The average Bonchev–Trinajstić information content (AvgIpc) is 2.81. The molecule has 1 fully saturated rings. The zero-order chi connectivity index (χ0) is 23.4. The lowest BCUT2D eigenvalue weighted by Gasteiger charge is -2.31. The van der Waals surface area contributed by atoms with Gasteiger partial charge >= 0.3 is 5.63 Å². The fourth-order valence-corrected chi connectivity index (χ4v) is 4.41. The van der Waals surface area contributed by atoms with E-state index in [1.807, 2.05) is 43.3 Å². The number of nitrogens with two attached hydrogens (primary N) is 1. The summed E-state index contributed by atoms with van der Waals surface area (Å²) in [4.78, 5) is 26.0. The number of nitrogens with zero attached hydrogens (tertiary/aromatic N) is 1. The van der Waals surface area contributed by atoms with Gasteiger partial charge in [0.2, 0.25) is 5.91 Å². The largest absolute Gasteiger partial charge is 0.491 e. The number of primary amides is 1. The van der Waals surface area contributed by atoms with Crippen LogP contribution in [0.3, 0.4) is 0 Å². The second-order valence-electron chi connectivity index (χ2n) is 8.76. The maximum absolute atomic E-state index is 12.5. The lowest BCUT2D eigenvalue weighted by molar-refractivity contribution is -0.123. The lowest BCUT2D eigenvalue weighted by Crippen LogP contribution is -2.43. The molecule has 4 rings (SSSR count). The van der Waals surface area contributed by atoms with E-state index < -0.39 is 6.10 Å². The molecule has 0 saturated carbocycles. The summed E-state index contributed by atoms with van der Waals surface area (Å²) in [7, 11) is 0. The fourth-order valence-electron chi connectivity index (χ4n) is 4.41. The number of aliphatic hydroxyl groups excluding tert-OH is 1. The topological polar surface area (TPSA) is 106 Å². The van der Waals surface area contributed by atoms with Gasteiger partial charge in [-0.3, -0.25) is 4.79 Å². The van der Waals surface area contributed by atoms with Crippen molar-refractivity contribution < 1.29 is 19.1 Å². The van der Waals surface area contributed by atoms with Crippen molar-refractivity contribution >= 4 is 16.9 Å². The van der Waals surface area contributed by atoms with Gasteiger partial charge in [-0.1, -0.05) is 30.3 Å². The molecule has 0 spiro atoms. The second kappa shape index (κ2) is 10.2. The first-order valence-corrected chi connectivity index (χ1v) is 11.3. The summed E-state index contributed by atoms with van der Waals surface area (Å²) in [5, 5.41) is 11.3. The highest BCUT2D eigenvalue weighted by molar-refractivity contribution is 5.82. The Bertz CT molecular complexity index is 1170. The van der Waals surface area contributed by atoms with Crippen molar-refractivity contribution in [2.24, 2.45) is 11.7 Å². The van der Waals surface area contributed by atoms with Gasteiger partial charge in [-0.2, -0.15) is 0 Å². The number of hydrogen-bond acceptors (Lipinski definition) is 6. The van der Waals surface area contributed by atoms with E-state index in [0.717, 1.165) is 42.4 Å². The van der Waals surface area contributed by atoms with Crippen LogP contribution < -0.4 is 16.1 Å². The maximum Gasteiger partial charge on any atom is 0.340 e. The minimum absolute atomic E-state index is 0.0673. The van der Waals surface area contributed by atoms with E-state index in [0.29, 0.717) is 29.9 Å². The zero-order valence-electron chi connectivity index (χ0n) is 18.8. The summed E-state index contributed by atoms with van der Waals surface area (Å²) >= 11 is 0. The average molecular weight is 451 g/mol. The number of rotatable bonds is 8. The molecule has 7 heteroatoms. The number of benzene rings is 2. The van der Waals surface area contributed by atoms with E-state index in [9.17, 15) is 14.7 Å². The number of aliphatic hydroxyl groups is 1. The highest BCUT2D eigenvalue weighted by Gasteiger charge is 2.24. The molecule has 0 bridgehead atoms. The Morgan fingerprint density at radius 3 is 2.64 bits per heavy atom. The van der Waals surface area contributed by atoms with Crippen LogP contribution in [-0.2, 0) is 11.2 Å². The first-order chi connectivity index (χ1) is 15.9. The molecule has 1 aliphatic rings. The molecule has 1 atom stereocenters. The number of likely N-dealkylation sites (tertiary alicyclic amines) is 1. The highest BCUT2D eigenvalue weighted by Crippen LogP contribution is 2.26. The van der Waals surface area contributed by atoms with Gasteiger partial charge in [-0.25, -0.2) is 4.79 Å². The molecule has 1 aromatic heterocycles. The van der Waals surface area contributed by atoms with Gasteiger partial charge in [0.05, 0.1) is 0 Å². The first-order valence-electron chi connectivity index (χ1n) is 11.3. The number of β-amino-alcohol motifs (C(OH)–C–C–N with tert-alkyl or cyclic N) is 1. The van der Waals surface area contributed by atoms with Crippen molar-refractivity contribution in [2.75, 3.05) is 26.2 Å². The van der Waals surface area contributed by atoms with Crippen LogP contribution >= 0.6 is 0 Å². The Morgan fingerprint density at radius 2 is 1.94 bits per heavy atom. The van der Waals surface area contributed by atoms with Crippen LogP contribution in [0.2, 0.25) is 0 Å². The van der Waals surface area contributed by atoms with Crippen LogP contribution in [-0.4, -0.2) is 48.3 Å². The summed E-state index contributed by atoms with van der Waals surface area (Å²) in [6.45, 7) is 4.03. The summed E-state index contributed by atoms with van der Waals surface area (Å²) in [5.41, 5.74) is 8.11. The SMILES string of the molecule is Cc1c(Cc2ccccc2)c(=O)oc2ccc(OCC(O)CN3CCC(C(N)=O)CC3)cc12. The predicted molar refractivity (Wildman–Crippen MR) is 126 cm³/mol. The molecule has 1 saturated heterocycles. The number of fused-ring (bicyclic) bond motifs is 1. The summed E-state index contributed by atoms with van der Waals surface area (Å²) < 4.78 is 11.4. The minimum Gasteiger partial charge on any atom is -0.491 e. The monoisotopic (exact) mass is 450 g/mol. The maximum atomic E-state index is 12.5. The van der Waals surface area contributed by atoms with Crippen LogP contribution in [0.5, 0.6) is 5.75 Å². The number of amides is 1. The standard InChI is InChI=1S/C26H30N2O5/c1-17-22-14-21(32-16-20(29)15-28-11-9-19(10-12-28)25(27)30)7-8-24(22)33-26(31)23(17)13-18-5-3-2-4-6-18/h2-8,14,19-20,29H,9-13,15-16H2,1H3,(H2,27,30). The predicted octanol–water partition coefficient (Wildman–Crippen LogP) is 2.63. The van der Waals surface area contributed by atoms with E-state index in [4.69, 9.17) is 14.9 Å². The Balaban J connectivity index is 1.41. The number of hydrogen-bond donors (Lipinski definition) is 2. The summed E-state index contributed by atoms with van der Waals surface area (Å²) in [6, 6.07) is 15.1. The van der Waals surface area contributed by atoms with Crippen LogP contribution in [0.1, 0.15) is 29.5 Å². The lowest BCUT2D eigenvalue weighted by atomic mass is 9.96. The molecule has 7 nitrogen and oxygen atoms in total. The Morgan fingerprint density at radius 1 is 1.21 bits per heavy atom. The van der Waals surface area contributed by atoms with E-state index >= 15 is 0 Å². The van der Waals surface area contributed by atoms with Crippen molar-refractivity contribution in [1.82, 2.24) is 4.90 Å². The van der Waals surface area contributed by atoms with Crippen molar-refractivity contribution in [2.45, 2.75) is 32.3 Å². The zero-order valence-corrected chi connectivity index (χ0v) is 18.8. The number of piperidine rings is 1. The van der Waals surface area contributed by atoms with Gasteiger partial charge in [0.15, 0.2) is 0 Å². The van der Waals surface area contributed by atoms with E-state index in [1.165, 1.54) is 0 Å². The fraction of sp³-hybridized carbons (Fsp3) is 0.385. The summed E-state index contributed by atoms with van der Waals surface area (Å²) in [6.07, 6.45) is 1.29.